The number of nitrogens with one attached hydrogen (secondary N) is 1. The molecular formula is C15H13Cl2F2N. The fourth-order valence-electron chi connectivity index (χ4n) is 2.09. The second kappa shape index (κ2) is 6.53. The molecule has 2 aromatic rings. The van der Waals surface area contributed by atoms with Crippen molar-refractivity contribution in [2.75, 3.05) is 7.05 Å². The van der Waals surface area contributed by atoms with Gasteiger partial charge in [-0.1, -0.05) is 29.3 Å². The number of rotatable bonds is 4. The zero-order chi connectivity index (χ0) is 14.7. The molecule has 0 aliphatic carbocycles. The van der Waals surface area contributed by atoms with Gasteiger partial charge in [0.15, 0.2) is 0 Å². The van der Waals surface area contributed by atoms with E-state index in [9.17, 15) is 8.78 Å². The van der Waals surface area contributed by atoms with Crippen molar-refractivity contribution in [3.05, 3.63) is 69.2 Å². The second-order valence-corrected chi connectivity index (χ2v) is 5.32. The van der Waals surface area contributed by atoms with E-state index >= 15 is 0 Å². The molecule has 0 saturated heterocycles. The van der Waals surface area contributed by atoms with Crippen molar-refractivity contribution in [2.45, 2.75) is 12.5 Å². The summed E-state index contributed by atoms with van der Waals surface area (Å²) in [5.74, 6) is -1.11. The van der Waals surface area contributed by atoms with Crippen LogP contribution >= 0.6 is 23.2 Å². The summed E-state index contributed by atoms with van der Waals surface area (Å²) < 4.78 is 27.4. The van der Waals surface area contributed by atoms with Gasteiger partial charge in [0.1, 0.15) is 11.6 Å². The second-order valence-electron chi connectivity index (χ2n) is 4.45. The molecule has 0 saturated carbocycles. The molecule has 0 bridgehead atoms. The summed E-state index contributed by atoms with van der Waals surface area (Å²) in [4.78, 5) is 0. The van der Waals surface area contributed by atoms with Gasteiger partial charge in [-0.2, -0.15) is 0 Å². The number of hydrogen-bond acceptors (Lipinski definition) is 1. The topological polar surface area (TPSA) is 12.0 Å². The minimum atomic E-state index is -0.557. The van der Waals surface area contributed by atoms with Crippen LogP contribution in [0.25, 0.3) is 0 Å². The van der Waals surface area contributed by atoms with Crippen molar-refractivity contribution in [2.24, 2.45) is 0 Å². The van der Waals surface area contributed by atoms with Crippen LogP contribution in [0.2, 0.25) is 10.0 Å². The Kier molecular flexibility index (Phi) is 4.97. The first-order valence-corrected chi connectivity index (χ1v) is 6.83. The smallest absolute Gasteiger partial charge is 0.129 e. The van der Waals surface area contributed by atoms with Crippen molar-refractivity contribution < 1.29 is 8.78 Å². The molecule has 0 aliphatic rings. The van der Waals surface area contributed by atoms with E-state index in [2.05, 4.69) is 5.32 Å². The van der Waals surface area contributed by atoms with Crippen LogP contribution in [-0.4, -0.2) is 7.05 Å². The minimum absolute atomic E-state index is 0.0444. The van der Waals surface area contributed by atoms with Crippen LogP contribution in [-0.2, 0) is 6.42 Å². The van der Waals surface area contributed by atoms with E-state index in [1.54, 1.807) is 25.2 Å². The number of benzene rings is 2. The molecule has 0 radical (unpaired) electrons. The Balaban J connectivity index is 2.33. The molecule has 1 atom stereocenters. The lowest BCUT2D eigenvalue weighted by Crippen LogP contribution is -2.20. The summed E-state index contributed by atoms with van der Waals surface area (Å²) >= 11 is 11.9. The standard InChI is InChI=1S/C15H13Cl2F2N/c1-20-15(9-5-10(16)7-11(17)6-9)8-12-13(18)3-2-4-14(12)19/h2-7,15,20H,8H2,1H3. The van der Waals surface area contributed by atoms with Crippen LogP contribution in [0.15, 0.2) is 36.4 Å². The van der Waals surface area contributed by atoms with Crippen molar-refractivity contribution in [3.8, 4) is 0 Å². The number of likely N-dealkylation sites (N-methyl/N-ethyl adjacent to an activating group) is 1. The van der Waals surface area contributed by atoms with Crippen LogP contribution in [0, 0.1) is 11.6 Å². The van der Waals surface area contributed by atoms with Crippen molar-refractivity contribution in [3.63, 3.8) is 0 Å². The van der Waals surface area contributed by atoms with E-state index < -0.39 is 11.6 Å². The molecule has 0 aromatic heterocycles. The predicted molar refractivity (Wildman–Crippen MR) is 78.3 cm³/mol. The number of hydrogen-bond donors (Lipinski definition) is 1. The Morgan fingerprint density at radius 1 is 1.05 bits per heavy atom. The van der Waals surface area contributed by atoms with E-state index in [4.69, 9.17) is 23.2 Å². The SMILES string of the molecule is CNC(Cc1c(F)cccc1F)c1cc(Cl)cc(Cl)c1. The van der Waals surface area contributed by atoms with Crippen LogP contribution in [0.1, 0.15) is 17.2 Å². The molecule has 106 valence electrons. The molecular weight excluding hydrogens is 303 g/mol. The third-order valence-corrected chi connectivity index (χ3v) is 3.54. The lowest BCUT2D eigenvalue weighted by molar-refractivity contribution is 0.515. The molecule has 1 N–H and O–H groups in total. The largest absolute Gasteiger partial charge is 0.313 e. The van der Waals surface area contributed by atoms with Crippen molar-refractivity contribution >= 4 is 23.2 Å². The molecule has 2 rings (SSSR count). The summed E-state index contributed by atoms with van der Waals surface area (Å²) in [6.45, 7) is 0. The van der Waals surface area contributed by atoms with Crippen LogP contribution in [0.5, 0.6) is 0 Å². The Morgan fingerprint density at radius 3 is 2.10 bits per heavy atom. The van der Waals surface area contributed by atoms with Crippen molar-refractivity contribution in [1.29, 1.82) is 0 Å². The molecule has 0 spiro atoms. The highest BCUT2D eigenvalue weighted by Crippen LogP contribution is 2.27. The monoisotopic (exact) mass is 315 g/mol. The Hall–Kier alpha value is -1.16. The Morgan fingerprint density at radius 2 is 1.60 bits per heavy atom. The first kappa shape index (κ1) is 15.2. The summed E-state index contributed by atoms with van der Waals surface area (Å²) in [7, 11) is 1.72. The van der Waals surface area contributed by atoms with Crippen molar-refractivity contribution in [1.82, 2.24) is 5.32 Å². The average molecular weight is 316 g/mol. The average Bonchev–Trinajstić information content (AvgIpc) is 2.37. The minimum Gasteiger partial charge on any atom is -0.313 e. The zero-order valence-electron chi connectivity index (χ0n) is 10.8. The summed E-state index contributed by atoms with van der Waals surface area (Å²) in [6.07, 6.45) is 0.172. The molecule has 0 aliphatic heterocycles. The van der Waals surface area contributed by atoms with Gasteiger partial charge in [-0.15, -0.1) is 0 Å². The fraction of sp³-hybridized carbons (Fsp3) is 0.200. The van der Waals surface area contributed by atoms with Gasteiger partial charge < -0.3 is 5.32 Å². The third-order valence-electron chi connectivity index (χ3n) is 3.11. The predicted octanol–water partition coefficient (Wildman–Crippen LogP) is 4.77. The van der Waals surface area contributed by atoms with Crippen LogP contribution in [0.4, 0.5) is 8.78 Å². The highest BCUT2D eigenvalue weighted by Gasteiger charge is 2.17. The Bertz CT molecular complexity index is 576. The van der Waals surface area contributed by atoms with Gasteiger partial charge in [-0.3, -0.25) is 0 Å². The highest BCUT2D eigenvalue weighted by atomic mass is 35.5. The molecule has 5 heteroatoms. The fourth-order valence-corrected chi connectivity index (χ4v) is 2.64. The molecule has 1 unspecified atom stereocenters. The van der Waals surface area contributed by atoms with E-state index in [0.717, 1.165) is 5.56 Å². The molecule has 0 heterocycles. The van der Waals surface area contributed by atoms with Crippen LogP contribution in [0.3, 0.4) is 0 Å². The summed E-state index contributed by atoms with van der Waals surface area (Å²) in [5, 5.41) is 4.00. The highest BCUT2D eigenvalue weighted by molar-refractivity contribution is 6.34. The molecule has 0 fully saturated rings. The van der Waals surface area contributed by atoms with E-state index in [-0.39, 0.29) is 18.0 Å². The maximum absolute atomic E-state index is 13.7. The zero-order valence-corrected chi connectivity index (χ0v) is 12.3. The summed E-state index contributed by atoms with van der Waals surface area (Å²) in [5.41, 5.74) is 0.829. The van der Waals surface area contributed by atoms with Gasteiger partial charge >= 0.3 is 0 Å². The normalized spacial score (nSPS) is 12.4. The van der Waals surface area contributed by atoms with Crippen LogP contribution < -0.4 is 5.32 Å². The Labute approximate surface area is 126 Å². The van der Waals surface area contributed by atoms with Gasteiger partial charge in [0, 0.05) is 21.7 Å². The lowest BCUT2D eigenvalue weighted by atomic mass is 9.98. The van der Waals surface area contributed by atoms with Gasteiger partial charge in [-0.25, -0.2) is 8.78 Å². The van der Waals surface area contributed by atoms with Gasteiger partial charge in [-0.05, 0) is 49.4 Å². The molecule has 20 heavy (non-hydrogen) atoms. The van der Waals surface area contributed by atoms with E-state index in [1.165, 1.54) is 18.2 Å². The first-order chi connectivity index (χ1) is 9.51. The van der Waals surface area contributed by atoms with E-state index in [0.29, 0.717) is 10.0 Å². The quantitative estimate of drug-likeness (QED) is 0.856. The number of halogens is 4. The summed E-state index contributed by atoms with van der Waals surface area (Å²) in [6, 6.07) is 8.63. The van der Waals surface area contributed by atoms with Gasteiger partial charge in [0.25, 0.3) is 0 Å². The van der Waals surface area contributed by atoms with Gasteiger partial charge in [0.2, 0.25) is 0 Å². The first-order valence-electron chi connectivity index (χ1n) is 6.07. The molecule has 1 nitrogen and oxygen atoms in total. The molecule has 2 aromatic carbocycles. The third kappa shape index (κ3) is 3.48. The lowest BCUT2D eigenvalue weighted by Gasteiger charge is -2.18. The van der Waals surface area contributed by atoms with Gasteiger partial charge in [0.05, 0.1) is 0 Å². The maximum Gasteiger partial charge on any atom is 0.129 e. The maximum atomic E-state index is 13.7. The molecule has 0 amide bonds. The van der Waals surface area contributed by atoms with E-state index in [1.807, 2.05) is 0 Å².